The first-order chi connectivity index (χ1) is 11.8. The number of ether oxygens (including phenoxy) is 2. The Morgan fingerprint density at radius 1 is 1.20 bits per heavy atom. The summed E-state index contributed by atoms with van der Waals surface area (Å²) in [6.45, 7) is 0. The van der Waals surface area contributed by atoms with Gasteiger partial charge in [-0.05, 0) is 23.8 Å². The molecule has 1 heterocycles. The molecule has 2 aromatic carbocycles. The van der Waals surface area contributed by atoms with Gasteiger partial charge in [-0.3, -0.25) is 0 Å². The summed E-state index contributed by atoms with van der Waals surface area (Å²) in [6, 6.07) is 11.6. The molecule has 1 aliphatic heterocycles. The number of benzene rings is 2. The van der Waals surface area contributed by atoms with Crippen LogP contribution in [0.5, 0.6) is 5.75 Å². The third-order valence-electron chi connectivity index (χ3n) is 3.49. The molecule has 0 aromatic heterocycles. The summed E-state index contributed by atoms with van der Waals surface area (Å²) < 4.78 is 48.7. The molecule has 130 valence electrons. The maximum atomic E-state index is 13.2. The zero-order chi connectivity index (χ0) is 18.2. The van der Waals surface area contributed by atoms with Crippen LogP contribution in [0.15, 0.2) is 48.2 Å². The molecule has 0 fully saturated rings. The van der Waals surface area contributed by atoms with Crippen molar-refractivity contribution in [3.05, 3.63) is 58.8 Å². The highest BCUT2D eigenvalue weighted by molar-refractivity contribution is 6.33. The van der Waals surface area contributed by atoms with Crippen molar-refractivity contribution in [2.75, 3.05) is 0 Å². The van der Waals surface area contributed by atoms with Gasteiger partial charge in [-0.1, -0.05) is 41.9 Å². The van der Waals surface area contributed by atoms with Crippen LogP contribution < -0.4 is 4.74 Å². The Balaban J connectivity index is 2.09. The van der Waals surface area contributed by atoms with E-state index in [4.69, 9.17) is 21.4 Å². The van der Waals surface area contributed by atoms with Crippen LogP contribution in [0.2, 0.25) is 5.02 Å². The van der Waals surface area contributed by atoms with Crippen LogP contribution in [0.3, 0.4) is 0 Å². The molecule has 0 bridgehead atoms. The molecule has 3 rings (SSSR count). The number of hydrogen-bond acceptors (Lipinski definition) is 3. The fourth-order valence-electron chi connectivity index (χ4n) is 2.45. The molecule has 4 nitrogen and oxygen atoms in total. The second-order valence-electron chi connectivity index (χ2n) is 5.19. The predicted octanol–water partition coefficient (Wildman–Crippen LogP) is 5.37. The van der Waals surface area contributed by atoms with Crippen molar-refractivity contribution in [3.8, 4) is 16.9 Å². The predicted molar refractivity (Wildman–Crippen MR) is 84.4 cm³/mol. The van der Waals surface area contributed by atoms with Gasteiger partial charge in [0.05, 0.1) is 0 Å². The summed E-state index contributed by atoms with van der Waals surface area (Å²) in [5, 5.41) is 8.91. The molecular weight excluding hydrogens is 361 g/mol. The molecule has 0 radical (unpaired) electrons. The lowest BCUT2D eigenvalue weighted by Gasteiger charge is -2.28. The fourth-order valence-corrected chi connectivity index (χ4v) is 2.73. The molecule has 0 spiro atoms. The summed E-state index contributed by atoms with van der Waals surface area (Å²) >= 11 is 6.21. The Hall–Kier alpha value is -2.67. The van der Waals surface area contributed by atoms with E-state index < -0.39 is 24.2 Å². The van der Waals surface area contributed by atoms with Crippen molar-refractivity contribution < 1.29 is 32.5 Å². The summed E-state index contributed by atoms with van der Waals surface area (Å²) in [7, 11) is 0. The summed E-state index contributed by atoms with van der Waals surface area (Å²) in [5.41, 5.74) is 1.40. The van der Waals surface area contributed by atoms with Gasteiger partial charge in [-0.2, -0.15) is 13.2 Å². The van der Waals surface area contributed by atoms with Crippen molar-refractivity contribution in [2.45, 2.75) is 12.3 Å². The molecule has 1 N–H and O–H groups in total. The maximum absolute atomic E-state index is 13.2. The number of alkyl halides is 3. The quantitative estimate of drug-likeness (QED) is 0.722. The van der Waals surface area contributed by atoms with Crippen LogP contribution in [-0.4, -0.2) is 23.5 Å². The molecule has 1 unspecified atom stereocenters. The van der Waals surface area contributed by atoms with Gasteiger partial charge in [0.25, 0.3) is 6.10 Å². The molecule has 8 heteroatoms. The smallest absolute Gasteiger partial charge is 0.472 e. The highest BCUT2D eigenvalue weighted by Crippen LogP contribution is 2.41. The van der Waals surface area contributed by atoms with Gasteiger partial charge >= 0.3 is 12.3 Å². The van der Waals surface area contributed by atoms with Gasteiger partial charge in [-0.15, -0.1) is 0 Å². The minimum absolute atomic E-state index is 0.0664. The van der Waals surface area contributed by atoms with Crippen molar-refractivity contribution in [2.24, 2.45) is 0 Å². The number of carbonyl (C=O) groups is 1. The van der Waals surface area contributed by atoms with Crippen LogP contribution in [0.4, 0.5) is 18.0 Å². The van der Waals surface area contributed by atoms with Crippen molar-refractivity contribution in [3.63, 3.8) is 0 Å². The largest absolute Gasteiger partial charge is 0.511 e. The molecule has 0 amide bonds. The SMILES string of the molecule is O=C(O)OC1=Cc2cc(Cl)c(-c3ccccc3)cc2OC1C(F)(F)F. The van der Waals surface area contributed by atoms with Crippen LogP contribution in [0, 0.1) is 0 Å². The lowest BCUT2D eigenvalue weighted by molar-refractivity contribution is -0.191. The van der Waals surface area contributed by atoms with E-state index in [0.29, 0.717) is 11.1 Å². The van der Waals surface area contributed by atoms with Crippen LogP contribution in [0.25, 0.3) is 17.2 Å². The van der Waals surface area contributed by atoms with E-state index in [1.807, 2.05) is 0 Å². The van der Waals surface area contributed by atoms with Crippen LogP contribution in [-0.2, 0) is 4.74 Å². The van der Waals surface area contributed by atoms with Crippen molar-refractivity contribution in [1.29, 1.82) is 0 Å². The van der Waals surface area contributed by atoms with E-state index in [-0.39, 0.29) is 16.3 Å². The highest BCUT2D eigenvalue weighted by atomic mass is 35.5. The van der Waals surface area contributed by atoms with Gasteiger partial charge in [0, 0.05) is 16.1 Å². The third-order valence-corrected chi connectivity index (χ3v) is 3.80. The number of halogens is 4. The lowest BCUT2D eigenvalue weighted by atomic mass is 10.0. The van der Waals surface area contributed by atoms with E-state index in [1.54, 1.807) is 30.3 Å². The Morgan fingerprint density at radius 3 is 2.48 bits per heavy atom. The Labute approximate surface area is 145 Å². The van der Waals surface area contributed by atoms with E-state index in [0.717, 1.165) is 6.08 Å². The first kappa shape index (κ1) is 17.2. The molecule has 1 aliphatic rings. The van der Waals surface area contributed by atoms with E-state index in [1.165, 1.54) is 12.1 Å². The Kier molecular flexibility index (Phi) is 4.34. The number of carboxylic acid groups (broad SMARTS) is 1. The van der Waals surface area contributed by atoms with Gasteiger partial charge in [0.15, 0.2) is 5.76 Å². The van der Waals surface area contributed by atoms with Gasteiger partial charge in [-0.25, -0.2) is 4.79 Å². The third kappa shape index (κ3) is 3.56. The van der Waals surface area contributed by atoms with E-state index in [2.05, 4.69) is 4.74 Å². The van der Waals surface area contributed by atoms with Gasteiger partial charge in [0.2, 0.25) is 0 Å². The molecule has 0 aliphatic carbocycles. The molecular formula is C17H10ClF3O4. The van der Waals surface area contributed by atoms with Gasteiger partial charge < -0.3 is 14.6 Å². The van der Waals surface area contributed by atoms with Crippen molar-refractivity contribution >= 4 is 23.8 Å². The highest BCUT2D eigenvalue weighted by Gasteiger charge is 2.48. The Morgan fingerprint density at radius 2 is 1.88 bits per heavy atom. The topological polar surface area (TPSA) is 55.8 Å². The first-order valence-corrected chi connectivity index (χ1v) is 7.38. The minimum atomic E-state index is -4.84. The molecule has 2 aromatic rings. The van der Waals surface area contributed by atoms with Crippen molar-refractivity contribution in [1.82, 2.24) is 0 Å². The molecule has 1 atom stereocenters. The number of fused-ring (bicyclic) bond motifs is 1. The Bertz CT molecular complexity index is 847. The molecule has 25 heavy (non-hydrogen) atoms. The maximum Gasteiger partial charge on any atom is 0.511 e. The monoisotopic (exact) mass is 370 g/mol. The average molecular weight is 371 g/mol. The average Bonchev–Trinajstić information content (AvgIpc) is 2.53. The summed E-state index contributed by atoms with van der Waals surface area (Å²) in [5.74, 6) is -0.931. The molecule has 0 saturated heterocycles. The second kappa shape index (κ2) is 6.33. The van der Waals surface area contributed by atoms with Crippen LogP contribution >= 0.6 is 11.6 Å². The fraction of sp³-hybridized carbons (Fsp3) is 0.118. The lowest BCUT2D eigenvalue weighted by Crippen LogP contribution is -2.39. The van der Waals surface area contributed by atoms with Crippen LogP contribution in [0.1, 0.15) is 5.56 Å². The zero-order valence-corrected chi connectivity index (χ0v) is 13.1. The van der Waals surface area contributed by atoms with E-state index in [9.17, 15) is 18.0 Å². The minimum Gasteiger partial charge on any atom is -0.472 e. The number of rotatable bonds is 2. The van der Waals surface area contributed by atoms with E-state index >= 15 is 0 Å². The van der Waals surface area contributed by atoms with Gasteiger partial charge in [0.1, 0.15) is 5.75 Å². The zero-order valence-electron chi connectivity index (χ0n) is 12.4. The second-order valence-corrected chi connectivity index (χ2v) is 5.60. The number of hydrogen-bond donors (Lipinski definition) is 1. The molecule has 0 saturated carbocycles. The normalized spacial score (nSPS) is 16.5. The first-order valence-electron chi connectivity index (χ1n) is 7.00. The summed E-state index contributed by atoms with van der Waals surface area (Å²) in [4.78, 5) is 10.6. The standard InChI is InChI=1S/C17H10ClF3O4/c18-12-6-10-7-14(25-16(22)23)15(17(19,20)21)24-13(10)8-11(12)9-4-2-1-3-5-9/h1-8,15H,(H,22,23). The summed E-state index contributed by atoms with van der Waals surface area (Å²) in [6.07, 6.45) is -8.25.